The molecular formula is C21H26BrNO3. The normalized spacial score (nSPS) is 16.6. The molecule has 0 radical (unpaired) electrons. The first kappa shape index (κ1) is 19.2. The number of halogens is 1. The van der Waals surface area contributed by atoms with E-state index in [1.807, 2.05) is 25.1 Å². The lowest BCUT2D eigenvalue weighted by atomic mass is 10.2. The fourth-order valence-electron chi connectivity index (χ4n) is 3.04. The Morgan fingerprint density at radius 2 is 2.00 bits per heavy atom. The zero-order valence-corrected chi connectivity index (χ0v) is 16.8. The zero-order chi connectivity index (χ0) is 18.2. The molecule has 140 valence electrons. The number of hydrogen-bond acceptors (Lipinski definition) is 4. The maximum absolute atomic E-state index is 6.04. The molecule has 1 heterocycles. The third kappa shape index (κ3) is 5.47. The van der Waals surface area contributed by atoms with Crippen LogP contribution < -0.4 is 14.8 Å². The lowest BCUT2D eigenvalue weighted by Crippen LogP contribution is -2.25. The maximum Gasteiger partial charge on any atom is 0.175 e. The van der Waals surface area contributed by atoms with Crippen LogP contribution in [0.5, 0.6) is 11.5 Å². The van der Waals surface area contributed by atoms with E-state index in [1.54, 1.807) is 0 Å². The van der Waals surface area contributed by atoms with Gasteiger partial charge in [-0.25, -0.2) is 0 Å². The molecule has 3 rings (SSSR count). The van der Waals surface area contributed by atoms with Gasteiger partial charge in [0.05, 0.1) is 17.2 Å². The van der Waals surface area contributed by atoms with Gasteiger partial charge in [-0.3, -0.25) is 0 Å². The standard InChI is InChI=1S/C21H26BrNO3/c1-2-24-20-12-17(13-23-14-18-9-6-10-25-18)11-19(22)21(20)26-15-16-7-4-3-5-8-16/h3-5,7-8,11-12,18,23H,2,6,9-10,13-15H2,1H3. The SMILES string of the molecule is CCOc1cc(CNCC2CCCO2)cc(Br)c1OCc1ccccc1. The third-order valence-corrected chi connectivity index (χ3v) is 4.91. The third-order valence-electron chi connectivity index (χ3n) is 4.32. The van der Waals surface area contributed by atoms with Gasteiger partial charge >= 0.3 is 0 Å². The molecule has 1 aliphatic rings. The van der Waals surface area contributed by atoms with E-state index in [0.717, 1.165) is 53.2 Å². The van der Waals surface area contributed by atoms with Gasteiger partial charge in [0.2, 0.25) is 0 Å². The molecule has 0 spiro atoms. The number of rotatable bonds is 9. The van der Waals surface area contributed by atoms with Crippen LogP contribution in [0.25, 0.3) is 0 Å². The van der Waals surface area contributed by atoms with Gasteiger partial charge in [0.25, 0.3) is 0 Å². The minimum absolute atomic E-state index is 0.346. The predicted octanol–water partition coefficient (Wildman–Crippen LogP) is 4.70. The molecule has 1 atom stereocenters. The Morgan fingerprint density at radius 3 is 2.73 bits per heavy atom. The molecule has 2 aromatic carbocycles. The summed E-state index contributed by atoms with van der Waals surface area (Å²) in [6.45, 7) is 5.64. The van der Waals surface area contributed by atoms with Crippen LogP contribution in [0.15, 0.2) is 46.9 Å². The zero-order valence-electron chi connectivity index (χ0n) is 15.2. The first-order valence-electron chi connectivity index (χ1n) is 9.20. The van der Waals surface area contributed by atoms with E-state index in [1.165, 1.54) is 6.42 Å². The second-order valence-corrected chi connectivity index (χ2v) is 7.23. The molecule has 1 fully saturated rings. The van der Waals surface area contributed by atoms with Crippen molar-refractivity contribution < 1.29 is 14.2 Å². The van der Waals surface area contributed by atoms with E-state index >= 15 is 0 Å². The molecular weight excluding hydrogens is 394 g/mol. The smallest absolute Gasteiger partial charge is 0.175 e. The topological polar surface area (TPSA) is 39.7 Å². The van der Waals surface area contributed by atoms with E-state index in [0.29, 0.717) is 19.3 Å². The molecule has 1 N–H and O–H groups in total. The minimum atomic E-state index is 0.346. The second-order valence-electron chi connectivity index (χ2n) is 6.38. The minimum Gasteiger partial charge on any atom is -0.490 e. The summed E-state index contributed by atoms with van der Waals surface area (Å²) in [4.78, 5) is 0. The Labute approximate surface area is 164 Å². The van der Waals surface area contributed by atoms with Gasteiger partial charge in [-0.2, -0.15) is 0 Å². The maximum atomic E-state index is 6.04. The van der Waals surface area contributed by atoms with Crippen LogP contribution in [0.1, 0.15) is 30.9 Å². The highest BCUT2D eigenvalue weighted by atomic mass is 79.9. The first-order valence-corrected chi connectivity index (χ1v) is 10.00. The summed E-state index contributed by atoms with van der Waals surface area (Å²) in [7, 11) is 0. The highest BCUT2D eigenvalue weighted by molar-refractivity contribution is 9.10. The van der Waals surface area contributed by atoms with Crippen molar-refractivity contribution >= 4 is 15.9 Å². The molecule has 2 aromatic rings. The second kappa shape index (κ2) is 9.95. The summed E-state index contributed by atoms with van der Waals surface area (Å²) in [6.07, 6.45) is 2.66. The molecule has 5 heteroatoms. The number of ether oxygens (including phenoxy) is 3. The largest absolute Gasteiger partial charge is 0.490 e. The van der Waals surface area contributed by atoms with Crippen molar-refractivity contribution in [2.75, 3.05) is 19.8 Å². The van der Waals surface area contributed by atoms with Crippen molar-refractivity contribution in [1.29, 1.82) is 0 Å². The molecule has 1 saturated heterocycles. The van der Waals surface area contributed by atoms with Crippen LogP contribution in [0, 0.1) is 0 Å². The average molecular weight is 420 g/mol. The molecule has 0 amide bonds. The van der Waals surface area contributed by atoms with Crippen molar-refractivity contribution in [3.63, 3.8) is 0 Å². The number of benzene rings is 2. The van der Waals surface area contributed by atoms with Crippen LogP contribution >= 0.6 is 15.9 Å². The molecule has 26 heavy (non-hydrogen) atoms. The fraction of sp³-hybridized carbons (Fsp3) is 0.429. The monoisotopic (exact) mass is 419 g/mol. The van der Waals surface area contributed by atoms with Crippen molar-refractivity contribution in [1.82, 2.24) is 5.32 Å². The van der Waals surface area contributed by atoms with Crippen LogP contribution in [-0.4, -0.2) is 25.9 Å². The Bertz CT molecular complexity index is 687. The molecule has 1 unspecified atom stereocenters. The first-order chi connectivity index (χ1) is 12.8. The highest BCUT2D eigenvalue weighted by Crippen LogP contribution is 2.37. The van der Waals surface area contributed by atoms with Gasteiger partial charge in [0, 0.05) is 19.7 Å². The van der Waals surface area contributed by atoms with Crippen molar-refractivity contribution in [3.8, 4) is 11.5 Å². The van der Waals surface area contributed by atoms with Gasteiger partial charge in [-0.15, -0.1) is 0 Å². The van der Waals surface area contributed by atoms with Gasteiger partial charge in [-0.1, -0.05) is 30.3 Å². The van der Waals surface area contributed by atoms with Crippen LogP contribution in [0.3, 0.4) is 0 Å². The van der Waals surface area contributed by atoms with Gasteiger partial charge in [-0.05, 0) is 59.0 Å². The number of nitrogens with one attached hydrogen (secondary N) is 1. The average Bonchev–Trinajstić information content (AvgIpc) is 3.16. The molecule has 0 aromatic heterocycles. The Balaban J connectivity index is 1.64. The highest BCUT2D eigenvalue weighted by Gasteiger charge is 2.16. The predicted molar refractivity (Wildman–Crippen MR) is 107 cm³/mol. The van der Waals surface area contributed by atoms with Crippen molar-refractivity contribution in [2.24, 2.45) is 0 Å². The van der Waals surface area contributed by atoms with Crippen molar-refractivity contribution in [2.45, 2.75) is 39.0 Å². The Hall–Kier alpha value is -1.56. The fourth-order valence-corrected chi connectivity index (χ4v) is 3.64. The molecule has 1 aliphatic heterocycles. The summed E-state index contributed by atoms with van der Waals surface area (Å²) in [6, 6.07) is 14.3. The summed E-state index contributed by atoms with van der Waals surface area (Å²) >= 11 is 3.64. The van der Waals surface area contributed by atoms with Crippen LogP contribution in [0.2, 0.25) is 0 Å². The van der Waals surface area contributed by atoms with Gasteiger partial charge in [0.15, 0.2) is 11.5 Å². The van der Waals surface area contributed by atoms with E-state index in [2.05, 4.69) is 45.5 Å². The quantitative estimate of drug-likeness (QED) is 0.639. The van der Waals surface area contributed by atoms with Gasteiger partial charge in [0.1, 0.15) is 6.61 Å². The van der Waals surface area contributed by atoms with Crippen LogP contribution in [0.4, 0.5) is 0 Å². The molecule has 4 nitrogen and oxygen atoms in total. The summed E-state index contributed by atoms with van der Waals surface area (Å²) < 4.78 is 18.4. The Morgan fingerprint density at radius 1 is 1.15 bits per heavy atom. The molecule has 0 bridgehead atoms. The Kier molecular flexibility index (Phi) is 7.35. The summed E-state index contributed by atoms with van der Waals surface area (Å²) in [5, 5.41) is 3.48. The van der Waals surface area contributed by atoms with E-state index in [-0.39, 0.29) is 0 Å². The molecule has 0 aliphatic carbocycles. The van der Waals surface area contributed by atoms with E-state index in [4.69, 9.17) is 14.2 Å². The lowest BCUT2D eigenvalue weighted by molar-refractivity contribution is 0.110. The van der Waals surface area contributed by atoms with Gasteiger partial charge < -0.3 is 19.5 Å². The number of hydrogen-bond donors (Lipinski definition) is 1. The summed E-state index contributed by atoms with van der Waals surface area (Å²) in [5.41, 5.74) is 2.29. The van der Waals surface area contributed by atoms with E-state index < -0.39 is 0 Å². The van der Waals surface area contributed by atoms with Crippen molar-refractivity contribution in [3.05, 3.63) is 58.1 Å². The molecule has 0 saturated carbocycles. The lowest BCUT2D eigenvalue weighted by Gasteiger charge is -2.16. The summed E-state index contributed by atoms with van der Waals surface area (Å²) in [5.74, 6) is 1.52. The van der Waals surface area contributed by atoms with Crippen LogP contribution in [-0.2, 0) is 17.9 Å². The van der Waals surface area contributed by atoms with E-state index in [9.17, 15) is 0 Å².